The fraction of sp³-hybridized carbons (Fsp3) is 0.304. The fourth-order valence-electron chi connectivity index (χ4n) is 3.90. The van der Waals surface area contributed by atoms with E-state index in [9.17, 15) is 14.4 Å². The Balaban J connectivity index is 1.45. The van der Waals surface area contributed by atoms with Gasteiger partial charge in [0.2, 0.25) is 11.8 Å². The van der Waals surface area contributed by atoms with Crippen LogP contribution in [-0.4, -0.2) is 35.3 Å². The zero-order chi connectivity index (χ0) is 22.0. The van der Waals surface area contributed by atoms with Gasteiger partial charge in [0.05, 0.1) is 23.4 Å². The molecular formula is C23H22N4O4. The highest BCUT2D eigenvalue weighted by molar-refractivity contribution is 5.95. The van der Waals surface area contributed by atoms with Crippen molar-refractivity contribution in [3.63, 3.8) is 0 Å². The van der Waals surface area contributed by atoms with Crippen LogP contribution in [0.4, 0.5) is 5.69 Å². The summed E-state index contributed by atoms with van der Waals surface area (Å²) in [5.74, 6) is 0.0626. The largest absolute Gasteiger partial charge is 0.482 e. The van der Waals surface area contributed by atoms with Crippen molar-refractivity contribution >= 4 is 23.4 Å². The molecule has 2 aromatic rings. The quantitative estimate of drug-likeness (QED) is 0.774. The molecule has 2 aliphatic heterocycles. The third kappa shape index (κ3) is 4.36. The zero-order valence-corrected chi connectivity index (χ0v) is 17.1. The average Bonchev–Trinajstić information content (AvgIpc) is 3.13. The minimum Gasteiger partial charge on any atom is -0.482 e. The minimum atomic E-state index is -0.568. The number of nitrogens with one attached hydrogen (secondary N) is 2. The van der Waals surface area contributed by atoms with Crippen molar-refractivity contribution < 1.29 is 19.1 Å². The van der Waals surface area contributed by atoms with Gasteiger partial charge in [-0.25, -0.2) is 0 Å². The van der Waals surface area contributed by atoms with E-state index in [1.165, 1.54) is 0 Å². The Hall–Kier alpha value is -3.86. The molecule has 2 N–H and O–H groups in total. The van der Waals surface area contributed by atoms with Crippen LogP contribution in [0.15, 0.2) is 42.5 Å². The van der Waals surface area contributed by atoms with Crippen LogP contribution in [0.1, 0.15) is 42.5 Å². The molecule has 0 aliphatic carbocycles. The number of nitrogens with zero attached hydrogens (tertiary/aromatic N) is 2. The van der Waals surface area contributed by atoms with Gasteiger partial charge in [0.25, 0.3) is 5.91 Å². The molecule has 2 heterocycles. The monoisotopic (exact) mass is 418 g/mol. The molecular weight excluding hydrogens is 396 g/mol. The molecule has 4 rings (SSSR count). The number of fused-ring (bicyclic) bond motifs is 1. The maximum Gasteiger partial charge on any atom is 0.262 e. The summed E-state index contributed by atoms with van der Waals surface area (Å²) < 4.78 is 5.37. The van der Waals surface area contributed by atoms with Gasteiger partial charge >= 0.3 is 0 Å². The van der Waals surface area contributed by atoms with Crippen LogP contribution in [0.25, 0.3) is 0 Å². The molecule has 0 saturated carbocycles. The van der Waals surface area contributed by atoms with Gasteiger partial charge in [-0.15, -0.1) is 0 Å². The molecule has 1 saturated heterocycles. The van der Waals surface area contributed by atoms with Crippen LogP contribution in [-0.2, 0) is 20.9 Å². The highest BCUT2D eigenvalue weighted by Gasteiger charge is 2.36. The topological polar surface area (TPSA) is 112 Å². The smallest absolute Gasteiger partial charge is 0.262 e. The van der Waals surface area contributed by atoms with Gasteiger partial charge in [0.15, 0.2) is 6.61 Å². The molecule has 0 radical (unpaired) electrons. The number of likely N-dealkylation sites (tertiary alicyclic amines) is 1. The highest BCUT2D eigenvalue weighted by atomic mass is 16.5. The van der Waals surface area contributed by atoms with Crippen LogP contribution >= 0.6 is 0 Å². The van der Waals surface area contributed by atoms with E-state index in [4.69, 9.17) is 10.00 Å². The van der Waals surface area contributed by atoms with Gasteiger partial charge in [-0.1, -0.05) is 18.2 Å². The molecule has 0 bridgehead atoms. The van der Waals surface area contributed by atoms with Gasteiger partial charge in [-0.05, 0) is 48.7 Å². The molecule has 0 unspecified atom stereocenters. The number of carbonyl (C=O) groups is 3. The Kier molecular flexibility index (Phi) is 5.58. The summed E-state index contributed by atoms with van der Waals surface area (Å²) in [6, 6.07) is 13.6. The van der Waals surface area contributed by atoms with E-state index < -0.39 is 6.04 Å². The molecule has 158 valence electrons. The Morgan fingerprint density at radius 2 is 2.16 bits per heavy atom. The van der Waals surface area contributed by atoms with Crippen molar-refractivity contribution in [2.45, 2.75) is 38.4 Å². The van der Waals surface area contributed by atoms with Crippen LogP contribution in [0.2, 0.25) is 0 Å². The molecule has 31 heavy (non-hydrogen) atoms. The number of ether oxygens (including phenoxy) is 1. The van der Waals surface area contributed by atoms with Crippen LogP contribution < -0.4 is 15.4 Å². The summed E-state index contributed by atoms with van der Waals surface area (Å²) in [6.07, 6.45) is 0.760. The number of carbonyl (C=O) groups excluding carboxylic acids is 3. The molecule has 0 aromatic heterocycles. The van der Waals surface area contributed by atoms with E-state index in [-0.39, 0.29) is 36.9 Å². The Bertz CT molecular complexity index is 1090. The number of nitriles is 1. The first-order valence-corrected chi connectivity index (χ1v) is 10.1. The third-order valence-electron chi connectivity index (χ3n) is 5.54. The molecule has 0 spiro atoms. The van der Waals surface area contributed by atoms with Crippen molar-refractivity contribution in [2.24, 2.45) is 0 Å². The second kappa shape index (κ2) is 8.48. The number of rotatable bonds is 5. The van der Waals surface area contributed by atoms with E-state index in [1.807, 2.05) is 19.1 Å². The van der Waals surface area contributed by atoms with E-state index >= 15 is 0 Å². The molecule has 8 nitrogen and oxygen atoms in total. The average molecular weight is 418 g/mol. The normalized spacial score (nSPS) is 18.5. The van der Waals surface area contributed by atoms with E-state index in [0.29, 0.717) is 29.8 Å². The highest BCUT2D eigenvalue weighted by Crippen LogP contribution is 2.31. The van der Waals surface area contributed by atoms with Gasteiger partial charge in [0, 0.05) is 13.0 Å². The SMILES string of the molecule is C[C@H](NC(=O)[C@@H]1CCC(=O)N1Cc1cccc(C#N)c1)c1ccc2c(c1)NC(=O)CO2. The second-order valence-corrected chi connectivity index (χ2v) is 7.71. The van der Waals surface area contributed by atoms with Crippen molar-refractivity contribution in [1.82, 2.24) is 10.2 Å². The second-order valence-electron chi connectivity index (χ2n) is 7.71. The molecule has 2 aromatic carbocycles. The van der Waals surface area contributed by atoms with Gasteiger partial charge in [-0.2, -0.15) is 5.26 Å². The number of hydrogen-bond acceptors (Lipinski definition) is 5. The van der Waals surface area contributed by atoms with Crippen LogP contribution in [0.3, 0.4) is 0 Å². The fourth-order valence-corrected chi connectivity index (χ4v) is 3.90. The van der Waals surface area contributed by atoms with Crippen molar-refractivity contribution in [3.8, 4) is 11.8 Å². The van der Waals surface area contributed by atoms with Crippen LogP contribution in [0, 0.1) is 11.3 Å². The van der Waals surface area contributed by atoms with E-state index in [1.54, 1.807) is 35.2 Å². The number of hydrogen-bond donors (Lipinski definition) is 2. The lowest BCUT2D eigenvalue weighted by molar-refractivity contribution is -0.136. The number of amides is 3. The minimum absolute atomic E-state index is 0.0124. The summed E-state index contributed by atoms with van der Waals surface area (Å²) in [4.78, 5) is 38.5. The first-order valence-electron chi connectivity index (χ1n) is 10.1. The lowest BCUT2D eigenvalue weighted by Crippen LogP contribution is -2.45. The molecule has 2 aliphatic rings. The maximum atomic E-state index is 13.0. The number of anilines is 1. The molecule has 2 atom stereocenters. The van der Waals surface area contributed by atoms with E-state index in [0.717, 1.165) is 11.1 Å². The maximum absolute atomic E-state index is 13.0. The first-order chi connectivity index (χ1) is 14.9. The summed E-state index contributed by atoms with van der Waals surface area (Å²) in [5.41, 5.74) is 2.72. The lowest BCUT2D eigenvalue weighted by atomic mass is 10.1. The molecule has 3 amide bonds. The Morgan fingerprint density at radius 1 is 1.32 bits per heavy atom. The summed E-state index contributed by atoms with van der Waals surface area (Å²) >= 11 is 0. The summed E-state index contributed by atoms with van der Waals surface area (Å²) in [7, 11) is 0. The van der Waals surface area contributed by atoms with Crippen LogP contribution in [0.5, 0.6) is 5.75 Å². The predicted octanol–water partition coefficient (Wildman–Crippen LogP) is 2.26. The van der Waals surface area contributed by atoms with Crippen molar-refractivity contribution in [1.29, 1.82) is 5.26 Å². The Morgan fingerprint density at radius 3 is 2.97 bits per heavy atom. The Labute approximate surface area is 179 Å². The molecule has 8 heteroatoms. The number of benzene rings is 2. The van der Waals surface area contributed by atoms with Crippen molar-refractivity contribution in [2.75, 3.05) is 11.9 Å². The molecule has 1 fully saturated rings. The summed E-state index contributed by atoms with van der Waals surface area (Å²) in [6.45, 7) is 2.12. The lowest BCUT2D eigenvalue weighted by Gasteiger charge is -2.26. The van der Waals surface area contributed by atoms with Gasteiger partial charge in [0.1, 0.15) is 11.8 Å². The zero-order valence-electron chi connectivity index (χ0n) is 17.1. The predicted molar refractivity (Wildman–Crippen MR) is 112 cm³/mol. The standard InChI is InChI=1S/C23H22N4O4/c1-14(17-5-7-20-18(10-17)26-21(28)13-31-20)25-23(30)19-6-8-22(29)27(19)12-16-4-2-3-15(9-16)11-24/h2-5,7,9-10,14,19H,6,8,12-13H2,1H3,(H,25,30)(H,26,28)/t14-,19-/m0/s1. The van der Waals surface area contributed by atoms with Crippen molar-refractivity contribution in [3.05, 3.63) is 59.2 Å². The van der Waals surface area contributed by atoms with Gasteiger partial charge < -0.3 is 20.3 Å². The van der Waals surface area contributed by atoms with Gasteiger partial charge in [-0.3, -0.25) is 14.4 Å². The summed E-state index contributed by atoms with van der Waals surface area (Å²) in [5, 5.41) is 14.8. The first kappa shape index (κ1) is 20.4. The van der Waals surface area contributed by atoms with E-state index in [2.05, 4.69) is 16.7 Å². The third-order valence-corrected chi connectivity index (χ3v) is 5.54.